The van der Waals surface area contributed by atoms with E-state index in [1.54, 1.807) is 19.1 Å². The highest BCUT2D eigenvalue weighted by molar-refractivity contribution is 9.10. The van der Waals surface area contributed by atoms with Gasteiger partial charge in [-0.15, -0.1) is 0 Å². The van der Waals surface area contributed by atoms with Crippen LogP contribution in [-0.2, 0) is 4.79 Å². The summed E-state index contributed by atoms with van der Waals surface area (Å²) in [5, 5.41) is 9.35. The third-order valence-corrected chi connectivity index (χ3v) is 4.65. The maximum absolute atomic E-state index is 13.6. The van der Waals surface area contributed by atoms with Crippen LogP contribution >= 0.6 is 28.1 Å². The number of hydrogen-bond acceptors (Lipinski definition) is 2. The van der Waals surface area contributed by atoms with E-state index in [-0.39, 0.29) is 11.7 Å². The van der Waals surface area contributed by atoms with Crippen molar-refractivity contribution in [1.82, 2.24) is 10.6 Å². The van der Waals surface area contributed by atoms with Crippen LogP contribution in [0.5, 0.6) is 0 Å². The summed E-state index contributed by atoms with van der Waals surface area (Å²) < 4.78 is 13.9. The van der Waals surface area contributed by atoms with E-state index in [4.69, 9.17) is 12.2 Å². The fraction of sp³-hybridized carbons (Fsp3) is 0.111. The number of nitrogens with one attached hydrogen (secondary N) is 3. The fourth-order valence-electron chi connectivity index (χ4n) is 2.66. The van der Waals surface area contributed by atoms with Gasteiger partial charge in [-0.05, 0) is 64.9 Å². The Hall–Kier alpha value is -2.25. The predicted molar refractivity (Wildman–Crippen MR) is 103 cm³/mol. The van der Waals surface area contributed by atoms with E-state index in [0.29, 0.717) is 26.5 Å². The summed E-state index contributed by atoms with van der Waals surface area (Å²) in [6.45, 7) is 1.79. The van der Waals surface area contributed by atoms with Crippen LogP contribution in [0.2, 0.25) is 0 Å². The molecule has 1 aliphatic heterocycles. The van der Waals surface area contributed by atoms with Gasteiger partial charge >= 0.3 is 0 Å². The van der Waals surface area contributed by atoms with Crippen LogP contribution in [0.25, 0.3) is 0 Å². The van der Waals surface area contributed by atoms with Gasteiger partial charge in [-0.25, -0.2) is 4.39 Å². The molecule has 1 amide bonds. The Balaban J connectivity index is 1.97. The van der Waals surface area contributed by atoms with Gasteiger partial charge in [0.2, 0.25) is 0 Å². The number of carbonyl (C=O) groups is 1. The molecule has 25 heavy (non-hydrogen) atoms. The van der Waals surface area contributed by atoms with Gasteiger partial charge < -0.3 is 16.0 Å². The van der Waals surface area contributed by atoms with E-state index in [9.17, 15) is 9.18 Å². The molecule has 7 heteroatoms. The number of carbonyl (C=O) groups excluding carboxylic acids is 1. The molecule has 0 aliphatic carbocycles. The minimum Gasteiger partial charge on any atom is -0.351 e. The number of amides is 1. The first kappa shape index (κ1) is 17.6. The lowest BCUT2D eigenvalue weighted by atomic mass is 9.95. The van der Waals surface area contributed by atoms with Crippen molar-refractivity contribution >= 4 is 44.9 Å². The summed E-state index contributed by atoms with van der Waals surface area (Å²) in [4.78, 5) is 12.8. The van der Waals surface area contributed by atoms with Crippen LogP contribution in [0.4, 0.5) is 10.1 Å². The topological polar surface area (TPSA) is 53.2 Å². The van der Waals surface area contributed by atoms with Crippen molar-refractivity contribution in [3.63, 3.8) is 0 Å². The molecule has 0 spiro atoms. The van der Waals surface area contributed by atoms with Crippen molar-refractivity contribution in [2.24, 2.45) is 0 Å². The highest BCUT2D eigenvalue weighted by Crippen LogP contribution is 2.30. The largest absolute Gasteiger partial charge is 0.351 e. The molecule has 3 N–H and O–H groups in total. The molecule has 1 heterocycles. The van der Waals surface area contributed by atoms with Gasteiger partial charge in [0.1, 0.15) is 5.82 Å². The average molecular weight is 420 g/mol. The lowest BCUT2D eigenvalue weighted by Crippen LogP contribution is -2.45. The first-order chi connectivity index (χ1) is 12.0. The molecule has 0 aromatic heterocycles. The second kappa shape index (κ2) is 7.33. The van der Waals surface area contributed by atoms with Gasteiger partial charge in [-0.2, -0.15) is 0 Å². The standard InChI is InChI=1S/C18H15BrFN3OS/c1-10-15(17(24)22-12-5-3-2-4-6-12)16(23-18(25)21-10)11-7-8-14(20)13(19)9-11/h2-9,16H,1H3,(H,22,24)(H2,21,23,25). The van der Waals surface area contributed by atoms with Crippen LogP contribution in [0.3, 0.4) is 0 Å². The third-order valence-electron chi connectivity index (χ3n) is 3.82. The van der Waals surface area contributed by atoms with Crippen LogP contribution in [0, 0.1) is 5.82 Å². The Morgan fingerprint density at radius 1 is 1.24 bits per heavy atom. The molecule has 1 aliphatic rings. The molecule has 0 radical (unpaired) electrons. The number of benzene rings is 2. The van der Waals surface area contributed by atoms with Crippen molar-refractivity contribution < 1.29 is 9.18 Å². The molecule has 1 atom stereocenters. The van der Waals surface area contributed by atoms with Gasteiger partial charge in [0.25, 0.3) is 5.91 Å². The third kappa shape index (κ3) is 3.88. The minimum atomic E-state index is -0.477. The first-order valence-electron chi connectivity index (χ1n) is 7.55. The number of allylic oxidation sites excluding steroid dienone is 1. The average Bonchev–Trinajstić information content (AvgIpc) is 2.57. The summed E-state index contributed by atoms with van der Waals surface area (Å²) in [6, 6.07) is 13.3. The summed E-state index contributed by atoms with van der Waals surface area (Å²) in [5.41, 5.74) is 2.58. The van der Waals surface area contributed by atoms with E-state index in [1.807, 2.05) is 30.3 Å². The number of anilines is 1. The van der Waals surface area contributed by atoms with E-state index in [1.165, 1.54) is 6.07 Å². The normalized spacial score (nSPS) is 16.9. The number of hydrogen-bond donors (Lipinski definition) is 3. The van der Waals surface area contributed by atoms with E-state index in [2.05, 4.69) is 31.9 Å². The molecule has 0 bridgehead atoms. The Kier molecular flexibility index (Phi) is 5.15. The van der Waals surface area contributed by atoms with Crippen LogP contribution in [0.15, 0.2) is 64.3 Å². The Labute approximate surface area is 158 Å². The van der Waals surface area contributed by atoms with Gasteiger partial charge in [0.15, 0.2) is 5.11 Å². The van der Waals surface area contributed by atoms with Gasteiger partial charge in [0, 0.05) is 11.4 Å². The lowest BCUT2D eigenvalue weighted by molar-refractivity contribution is -0.113. The Morgan fingerprint density at radius 2 is 1.96 bits per heavy atom. The lowest BCUT2D eigenvalue weighted by Gasteiger charge is -2.30. The predicted octanol–water partition coefficient (Wildman–Crippen LogP) is 4.02. The maximum Gasteiger partial charge on any atom is 0.255 e. The van der Waals surface area contributed by atoms with Crippen molar-refractivity contribution in [2.45, 2.75) is 13.0 Å². The molecule has 0 saturated heterocycles. The fourth-order valence-corrected chi connectivity index (χ4v) is 3.32. The summed E-state index contributed by atoms with van der Waals surface area (Å²) in [6.07, 6.45) is 0. The van der Waals surface area contributed by atoms with Gasteiger partial charge in [-0.1, -0.05) is 24.3 Å². The maximum atomic E-state index is 13.6. The van der Waals surface area contributed by atoms with Gasteiger partial charge in [-0.3, -0.25) is 4.79 Å². The summed E-state index contributed by atoms with van der Waals surface area (Å²) >= 11 is 8.40. The number of thiocarbonyl (C=S) groups is 1. The molecule has 0 saturated carbocycles. The van der Waals surface area contributed by atoms with E-state index < -0.39 is 6.04 Å². The summed E-state index contributed by atoms with van der Waals surface area (Å²) in [5.74, 6) is -0.618. The highest BCUT2D eigenvalue weighted by atomic mass is 79.9. The summed E-state index contributed by atoms with van der Waals surface area (Å²) in [7, 11) is 0. The molecule has 128 valence electrons. The molecular formula is C18H15BrFN3OS. The van der Waals surface area contributed by atoms with E-state index in [0.717, 1.165) is 5.56 Å². The molecule has 2 aromatic rings. The van der Waals surface area contributed by atoms with Gasteiger partial charge in [0.05, 0.1) is 16.1 Å². The first-order valence-corrected chi connectivity index (χ1v) is 8.75. The second-order valence-electron chi connectivity index (χ2n) is 5.56. The van der Waals surface area contributed by atoms with Crippen molar-refractivity contribution in [2.75, 3.05) is 5.32 Å². The van der Waals surface area contributed by atoms with Crippen LogP contribution in [0.1, 0.15) is 18.5 Å². The smallest absolute Gasteiger partial charge is 0.255 e. The zero-order chi connectivity index (χ0) is 18.0. The SMILES string of the molecule is CC1=C(C(=O)Nc2ccccc2)C(c2ccc(F)c(Br)c2)NC(=S)N1. The number of para-hydroxylation sites is 1. The molecule has 2 aromatic carbocycles. The molecule has 1 unspecified atom stereocenters. The molecular weight excluding hydrogens is 405 g/mol. The second-order valence-corrected chi connectivity index (χ2v) is 6.83. The zero-order valence-electron chi connectivity index (χ0n) is 13.3. The van der Waals surface area contributed by atoms with Crippen LogP contribution < -0.4 is 16.0 Å². The Bertz CT molecular complexity index is 870. The Morgan fingerprint density at radius 3 is 2.64 bits per heavy atom. The molecule has 0 fully saturated rings. The number of halogens is 2. The van der Waals surface area contributed by atoms with Crippen molar-refractivity contribution in [3.05, 3.63) is 75.7 Å². The molecule has 3 rings (SSSR count). The number of rotatable bonds is 3. The quantitative estimate of drug-likeness (QED) is 0.657. The van der Waals surface area contributed by atoms with E-state index >= 15 is 0 Å². The highest BCUT2D eigenvalue weighted by Gasteiger charge is 2.30. The zero-order valence-corrected chi connectivity index (χ0v) is 15.7. The van der Waals surface area contributed by atoms with Crippen molar-refractivity contribution in [3.8, 4) is 0 Å². The van der Waals surface area contributed by atoms with Crippen molar-refractivity contribution in [1.29, 1.82) is 0 Å². The van der Waals surface area contributed by atoms with Crippen LogP contribution in [-0.4, -0.2) is 11.0 Å². The minimum absolute atomic E-state index is 0.253. The monoisotopic (exact) mass is 419 g/mol. The molecule has 4 nitrogen and oxygen atoms in total.